The molecule has 0 aliphatic rings. The molecule has 0 radical (unpaired) electrons. The largest absolute Gasteiger partial charge is 0.492 e. The van der Waals surface area contributed by atoms with Crippen molar-refractivity contribution in [2.24, 2.45) is 0 Å². The van der Waals surface area contributed by atoms with Gasteiger partial charge in [-0.2, -0.15) is 0 Å². The molecule has 1 heterocycles. The first-order valence-corrected chi connectivity index (χ1v) is 8.60. The summed E-state index contributed by atoms with van der Waals surface area (Å²) < 4.78 is 12.8. The lowest BCUT2D eigenvalue weighted by molar-refractivity contribution is 0.0601. The third kappa shape index (κ3) is 4.24. The Kier molecular flexibility index (Phi) is 5.58. The van der Waals surface area contributed by atoms with Crippen molar-refractivity contribution in [2.45, 2.75) is 13.1 Å². The van der Waals surface area contributed by atoms with E-state index in [1.165, 1.54) is 12.7 Å². The van der Waals surface area contributed by atoms with Gasteiger partial charge in [0.05, 0.1) is 19.2 Å². The van der Waals surface area contributed by atoms with Crippen molar-refractivity contribution in [3.8, 4) is 5.75 Å². The Labute approximate surface area is 153 Å². The Morgan fingerprint density at radius 3 is 2.73 bits per heavy atom. The molecule has 0 saturated carbocycles. The van der Waals surface area contributed by atoms with Crippen LogP contribution in [0, 0.1) is 0 Å². The van der Waals surface area contributed by atoms with Crippen LogP contribution in [-0.4, -0.2) is 43.2 Å². The topological polar surface area (TPSA) is 43.7 Å². The summed E-state index contributed by atoms with van der Waals surface area (Å²) in [6.07, 6.45) is 2.01. The molecule has 0 saturated heterocycles. The molecule has 3 rings (SSSR count). The zero-order chi connectivity index (χ0) is 18.5. The number of hydrogen-bond acceptors (Lipinski definition) is 4. The highest BCUT2D eigenvalue weighted by Crippen LogP contribution is 2.19. The predicted octanol–water partition coefficient (Wildman–Crippen LogP) is 3.57. The van der Waals surface area contributed by atoms with E-state index in [-0.39, 0.29) is 5.97 Å². The van der Waals surface area contributed by atoms with Crippen LogP contribution in [0.25, 0.3) is 10.9 Å². The van der Waals surface area contributed by atoms with Gasteiger partial charge in [0.2, 0.25) is 0 Å². The minimum absolute atomic E-state index is 0.325. The van der Waals surface area contributed by atoms with Crippen LogP contribution in [0.1, 0.15) is 15.9 Å². The van der Waals surface area contributed by atoms with Crippen molar-refractivity contribution in [1.29, 1.82) is 0 Å². The molecule has 0 N–H and O–H groups in total. The molecule has 0 bridgehead atoms. The first-order valence-electron chi connectivity index (χ1n) is 8.60. The number of benzene rings is 2. The lowest BCUT2D eigenvalue weighted by atomic mass is 10.1. The van der Waals surface area contributed by atoms with Crippen molar-refractivity contribution < 1.29 is 14.3 Å². The van der Waals surface area contributed by atoms with E-state index in [2.05, 4.69) is 21.6 Å². The number of carbonyl (C=O) groups excluding carboxylic acids is 1. The number of aromatic nitrogens is 1. The number of methoxy groups -OCH3 is 1. The summed E-state index contributed by atoms with van der Waals surface area (Å²) >= 11 is 0. The van der Waals surface area contributed by atoms with E-state index in [9.17, 15) is 4.79 Å². The summed E-state index contributed by atoms with van der Waals surface area (Å²) in [5.74, 6) is 0.546. The Morgan fingerprint density at radius 2 is 1.96 bits per heavy atom. The SMILES string of the molecule is COC(=O)c1ccc2ccn(CCOc3cccc(CN(C)C)c3)c2c1. The second kappa shape index (κ2) is 8.06. The van der Waals surface area contributed by atoms with E-state index in [1.54, 1.807) is 6.07 Å². The van der Waals surface area contributed by atoms with Crippen LogP contribution in [0.3, 0.4) is 0 Å². The molecule has 0 fully saturated rings. The summed E-state index contributed by atoms with van der Waals surface area (Å²) in [6, 6.07) is 15.8. The maximum Gasteiger partial charge on any atom is 0.337 e. The summed E-state index contributed by atoms with van der Waals surface area (Å²) in [4.78, 5) is 13.9. The fourth-order valence-electron chi connectivity index (χ4n) is 2.98. The average Bonchev–Trinajstić information content (AvgIpc) is 3.03. The lowest BCUT2D eigenvalue weighted by Gasteiger charge is -2.12. The number of fused-ring (bicyclic) bond motifs is 1. The minimum Gasteiger partial charge on any atom is -0.492 e. The van der Waals surface area contributed by atoms with Crippen molar-refractivity contribution in [3.63, 3.8) is 0 Å². The predicted molar refractivity (Wildman–Crippen MR) is 103 cm³/mol. The Morgan fingerprint density at radius 1 is 1.12 bits per heavy atom. The summed E-state index contributed by atoms with van der Waals surface area (Å²) in [6.45, 7) is 2.14. The van der Waals surface area contributed by atoms with E-state index >= 15 is 0 Å². The standard InChI is InChI=1S/C21H24N2O3/c1-22(2)15-16-5-4-6-19(13-16)26-12-11-23-10-9-17-7-8-18(14-20(17)23)21(24)25-3/h4-10,13-14H,11-12,15H2,1-3H3. The number of esters is 1. The highest BCUT2D eigenvalue weighted by atomic mass is 16.5. The molecular weight excluding hydrogens is 328 g/mol. The van der Waals surface area contributed by atoms with Crippen LogP contribution in [0.5, 0.6) is 5.75 Å². The molecule has 136 valence electrons. The summed E-state index contributed by atoms with van der Waals surface area (Å²) in [5.41, 5.74) is 2.77. The minimum atomic E-state index is -0.325. The summed E-state index contributed by atoms with van der Waals surface area (Å²) in [5, 5.41) is 1.09. The van der Waals surface area contributed by atoms with Gasteiger partial charge in [0.1, 0.15) is 12.4 Å². The van der Waals surface area contributed by atoms with E-state index in [4.69, 9.17) is 9.47 Å². The van der Waals surface area contributed by atoms with Crippen LogP contribution in [0.15, 0.2) is 54.7 Å². The zero-order valence-corrected chi connectivity index (χ0v) is 15.4. The van der Waals surface area contributed by atoms with E-state index in [1.807, 2.05) is 50.6 Å². The first-order chi connectivity index (χ1) is 12.6. The molecule has 5 nitrogen and oxygen atoms in total. The molecule has 0 aliphatic heterocycles. The molecule has 5 heteroatoms. The van der Waals surface area contributed by atoms with Gasteiger partial charge in [-0.25, -0.2) is 4.79 Å². The number of rotatable bonds is 7. The number of ether oxygens (including phenoxy) is 2. The number of carbonyl (C=O) groups is 1. The zero-order valence-electron chi connectivity index (χ0n) is 15.4. The average molecular weight is 352 g/mol. The van der Waals surface area contributed by atoms with Crippen LogP contribution in [0.2, 0.25) is 0 Å². The van der Waals surface area contributed by atoms with Gasteiger partial charge >= 0.3 is 5.97 Å². The van der Waals surface area contributed by atoms with Gasteiger partial charge in [0.25, 0.3) is 0 Å². The van der Waals surface area contributed by atoms with E-state index in [0.717, 1.165) is 23.2 Å². The van der Waals surface area contributed by atoms with Gasteiger partial charge in [-0.1, -0.05) is 18.2 Å². The van der Waals surface area contributed by atoms with Gasteiger partial charge in [0.15, 0.2) is 0 Å². The maximum atomic E-state index is 11.7. The van der Waals surface area contributed by atoms with Crippen molar-refractivity contribution in [2.75, 3.05) is 27.8 Å². The first kappa shape index (κ1) is 18.0. The van der Waals surface area contributed by atoms with Crippen molar-refractivity contribution >= 4 is 16.9 Å². The fourth-order valence-corrected chi connectivity index (χ4v) is 2.98. The highest BCUT2D eigenvalue weighted by molar-refractivity contribution is 5.94. The molecule has 1 aromatic heterocycles. The third-order valence-electron chi connectivity index (χ3n) is 4.19. The molecular formula is C21H24N2O3. The van der Waals surface area contributed by atoms with Crippen LogP contribution < -0.4 is 4.74 Å². The van der Waals surface area contributed by atoms with Gasteiger partial charge in [0, 0.05) is 18.3 Å². The molecule has 0 spiro atoms. The van der Waals surface area contributed by atoms with Crippen molar-refractivity contribution in [1.82, 2.24) is 9.47 Å². The fraction of sp³-hybridized carbons (Fsp3) is 0.286. The van der Waals surface area contributed by atoms with E-state index < -0.39 is 0 Å². The summed E-state index contributed by atoms with van der Waals surface area (Å²) in [7, 11) is 5.49. The van der Waals surface area contributed by atoms with Gasteiger partial charge in [-0.15, -0.1) is 0 Å². The monoisotopic (exact) mass is 352 g/mol. The highest BCUT2D eigenvalue weighted by Gasteiger charge is 2.08. The molecule has 0 unspecified atom stereocenters. The van der Waals surface area contributed by atoms with Crippen LogP contribution >= 0.6 is 0 Å². The van der Waals surface area contributed by atoms with Gasteiger partial charge < -0.3 is 18.9 Å². The molecule has 3 aromatic rings. The molecule has 0 atom stereocenters. The second-order valence-electron chi connectivity index (χ2n) is 6.51. The molecule has 0 aliphatic carbocycles. The van der Waals surface area contributed by atoms with Gasteiger partial charge in [-0.3, -0.25) is 0 Å². The number of nitrogens with zero attached hydrogens (tertiary/aromatic N) is 2. The Hall–Kier alpha value is -2.79. The Bertz CT molecular complexity index is 899. The Balaban J connectivity index is 1.67. The normalized spacial score (nSPS) is 11.1. The van der Waals surface area contributed by atoms with Crippen molar-refractivity contribution in [3.05, 3.63) is 65.9 Å². The van der Waals surface area contributed by atoms with Crippen LogP contribution in [0.4, 0.5) is 0 Å². The molecule has 26 heavy (non-hydrogen) atoms. The van der Waals surface area contributed by atoms with E-state index in [0.29, 0.717) is 18.7 Å². The number of hydrogen-bond donors (Lipinski definition) is 0. The molecule has 0 amide bonds. The van der Waals surface area contributed by atoms with Crippen LogP contribution in [-0.2, 0) is 17.8 Å². The maximum absolute atomic E-state index is 11.7. The lowest BCUT2D eigenvalue weighted by Crippen LogP contribution is -2.11. The second-order valence-corrected chi connectivity index (χ2v) is 6.51. The quantitative estimate of drug-likeness (QED) is 0.610. The van der Waals surface area contributed by atoms with Gasteiger partial charge in [-0.05, 0) is 55.4 Å². The molecule has 2 aromatic carbocycles. The third-order valence-corrected chi connectivity index (χ3v) is 4.19. The smallest absolute Gasteiger partial charge is 0.337 e.